The third kappa shape index (κ3) is 2.54. The third-order valence-corrected chi connectivity index (χ3v) is 3.64. The minimum absolute atomic E-state index is 0.233. The molecule has 0 aliphatic carbocycles. The van der Waals surface area contributed by atoms with E-state index in [1.807, 2.05) is 0 Å². The molecule has 0 saturated carbocycles. The van der Waals surface area contributed by atoms with Crippen molar-refractivity contribution in [2.45, 2.75) is 38.6 Å². The van der Waals surface area contributed by atoms with E-state index in [1.165, 1.54) is 12.0 Å². The number of benzene rings is 1. The molecule has 1 aromatic carbocycles. The van der Waals surface area contributed by atoms with Crippen LogP contribution in [0, 0.1) is 0 Å². The molecule has 0 bridgehead atoms. The van der Waals surface area contributed by atoms with Crippen LogP contribution < -0.4 is 5.32 Å². The Balaban J connectivity index is 1.81. The molecule has 0 amide bonds. The topological polar surface area (TPSA) is 51.0 Å². The maximum atomic E-state index is 5.36. The molecule has 0 spiro atoms. The van der Waals surface area contributed by atoms with Gasteiger partial charge in [-0.05, 0) is 30.9 Å². The van der Waals surface area contributed by atoms with Crippen LogP contribution in [-0.4, -0.2) is 16.7 Å². The van der Waals surface area contributed by atoms with Gasteiger partial charge in [-0.25, -0.2) is 0 Å². The number of rotatable bonds is 3. The average molecular weight is 257 g/mol. The molecule has 100 valence electrons. The van der Waals surface area contributed by atoms with E-state index in [9.17, 15) is 0 Å². The molecule has 1 N–H and O–H groups in total. The maximum absolute atomic E-state index is 5.36. The van der Waals surface area contributed by atoms with Crippen molar-refractivity contribution in [3.63, 3.8) is 0 Å². The van der Waals surface area contributed by atoms with E-state index >= 15 is 0 Å². The first-order valence-electron chi connectivity index (χ1n) is 6.91. The lowest BCUT2D eigenvalue weighted by Gasteiger charge is -2.04. The molecule has 0 unspecified atom stereocenters. The van der Waals surface area contributed by atoms with Gasteiger partial charge in [-0.3, -0.25) is 0 Å². The van der Waals surface area contributed by atoms with Crippen molar-refractivity contribution in [2.24, 2.45) is 0 Å². The van der Waals surface area contributed by atoms with Gasteiger partial charge in [0.15, 0.2) is 0 Å². The van der Waals surface area contributed by atoms with Crippen molar-refractivity contribution in [2.75, 3.05) is 6.54 Å². The number of nitrogens with zero attached hydrogens (tertiary/aromatic N) is 2. The van der Waals surface area contributed by atoms with Crippen LogP contribution in [0.3, 0.4) is 0 Å². The summed E-state index contributed by atoms with van der Waals surface area (Å²) in [6.45, 7) is 5.41. The molecular weight excluding hydrogens is 238 g/mol. The molecule has 19 heavy (non-hydrogen) atoms. The second-order valence-electron chi connectivity index (χ2n) is 5.38. The molecule has 1 fully saturated rings. The van der Waals surface area contributed by atoms with E-state index in [0.717, 1.165) is 18.5 Å². The molecule has 2 aromatic rings. The number of hydrogen-bond acceptors (Lipinski definition) is 4. The lowest BCUT2D eigenvalue weighted by Crippen LogP contribution is -2.12. The molecule has 1 saturated heterocycles. The number of nitrogens with one attached hydrogen (secondary N) is 1. The monoisotopic (exact) mass is 257 g/mol. The van der Waals surface area contributed by atoms with Crippen molar-refractivity contribution < 1.29 is 4.52 Å². The van der Waals surface area contributed by atoms with Crippen LogP contribution in [0.1, 0.15) is 50.1 Å². The molecule has 4 heteroatoms. The molecular formula is C15H19N3O. The van der Waals surface area contributed by atoms with E-state index in [-0.39, 0.29) is 6.04 Å². The van der Waals surface area contributed by atoms with Gasteiger partial charge >= 0.3 is 0 Å². The first kappa shape index (κ1) is 12.4. The zero-order chi connectivity index (χ0) is 13.2. The minimum atomic E-state index is 0.233. The molecule has 3 rings (SSSR count). The van der Waals surface area contributed by atoms with Crippen LogP contribution in [0.5, 0.6) is 0 Å². The van der Waals surface area contributed by atoms with E-state index in [0.29, 0.717) is 17.6 Å². The number of hydrogen-bond donors (Lipinski definition) is 1. The summed E-state index contributed by atoms with van der Waals surface area (Å²) in [7, 11) is 0. The van der Waals surface area contributed by atoms with Crippen molar-refractivity contribution in [3.05, 3.63) is 35.7 Å². The van der Waals surface area contributed by atoms with Crippen LogP contribution >= 0.6 is 0 Å². The van der Waals surface area contributed by atoms with Gasteiger partial charge < -0.3 is 9.84 Å². The largest absolute Gasteiger partial charge is 0.337 e. The summed E-state index contributed by atoms with van der Waals surface area (Å²) < 4.78 is 5.36. The smallest absolute Gasteiger partial charge is 0.244 e. The SMILES string of the molecule is CC(C)c1ccc(-c2noc([C@@H]3CCCN3)n2)cc1. The van der Waals surface area contributed by atoms with Gasteiger partial charge in [0.05, 0.1) is 6.04 Å². The first-order valence-corrected chi connectivity index (χ1v) is 6.91. The average Bonchev–Trinajstić information content (AvgIpc) is 3.10. The fourth-order valence-corrected chi connectivity index (χ4v) is 2.41. The minimum Gasteiger partial charge on any atom is -0.337 e. The summed E-state index contributed by atoms with van der Waals surface area (Å²) in [5, 5.41) is 7.44. The highest BCUT2D eigenvalue weighted by Crippen LogP contribution is 2.25. The lowest BCUT2D eigenvalue weighted by atomic mass is 10.0. The van der Waals surface area contributed by atoms with E-state index < -0.39 is 0 Å². The van der Waals surface area contributed by atoms with Gasteiger partial charge in [0, 0.05) is 5.56 Å². The first-order chi connectivity index (χ1) is 9.24. The normalized spacial score (nSPS) is 19.2. The van der Waals surface area contributed by atoms with Crippen LogP contribution in [-0.2, 0) is 0 Å². The molecule has 4 nitrogen and oxygen atoms in total. The summed E-state index contributed by atoms with van der Waals surface area (Å²) in [5.41, 5.74) is 2.34. The van der Waals surface area contributed by atoms with Crippen molar-refractivity contribution in [3.8, 4) is 11.4 Å². The summed E-state index contributed by atoms with van der Waals surface area (Å²) in [6, 6.07) is 8.61. The van der Waals surface area contributed by atoms with Gasteiger partial charge in [0.25, 0.3) is 0 Å². The fraction of sp³-hybridized carbons (Fsp3) is 0.467. The maximum Gasteiger partial charge on any atom is 0.244 e. The Morgan fingerprint density at radius 2 is 2.05 bits per heavy atom. The Morgan fingerprint density at radius 1 is 1.26 bits per heavy atom. The summed E-state index contributed by atoms with van der Waals surface area (Å²) >= 11 is 0. The summed E-state index contributed by atoms with van der Waals surface area (Å²) in [4.78, 5) is 4.50. The molecule has 1 aromatic heterocycles. The second-order valence-corrected chi connectivity index (χ2v) is 5.38. The predicted molar refractivity (Wildman–Crippen MR) is 73.8 cm³/mol. The van der Waals surface area contributed by atoms with Crippen molar-refractivity contribution in [1.29, 1.82) is 0 Å². The Kier molecular flexibility index (Phi) is 3.34. The van der Waals surface area contributed by atoms with Crippen LogP contribution in [0.15, 0.2) is 28.8 Å². The predicted octanol–water partition coefficient (Wildman–Crippen LogP) is 3.28. The highest BCUT2D eigenvalue weighted by Gasteiger charge is 2.22. The third-order valence-electron chi connectivity index (χ3n) is 3.64. The fourth-order valence-electron chi connectivity index (χ4n) is 2.41. The molecule has 2 heterocycles. The molecule has 1 atom stereocenters. The lowest BCUT2D eigenvalue weighted by molar-refractivity contribution is 0.345. The second kappa shape index (κ2) is 5.13. The van der Waals surface area contributed by atoms with Crippen LogP contribution in [0.25, 0.3) is 11.4 Å². The van der Waals surface area contributed by atoms with Gasteiger partial charge in [0.1, 0.15) is 0 Å². The Labute approximate surface area is 113 Å². The van der Waals surface area contributed by atoms with E-state index in [1.54, 1.807) is 0 Å². The van der Waals surface area contributed by atoms with Crippen LogP contribution in [0.2, 0.25) is 0 Å². The van der Waals surface area contributed by atoms with Gasteiger partial charge in [0.2, 0.25) is 11.7 Å². The Morgan fingerprint density at radius 3 is 2.68 bits per heavy atom. The Hall–Kier alpha value is -1.68. The van der Waals surface area contributed by atoms with E-state index in [2.05, 4.69) is 53.6 Å². The summed E-state index contributed by atoms with van der Waals surface area (Å²) in [5.74, 6) is 1.93. The van der Waals surface area contributed by atoms with Crippen molar-refractivity contribution in [1.82, 2.24) is 15.5 Å². The Bertz CT molecular complexity index is 539. The van der Waals surface area contributed by atoms with Gasteiger partial charge in [-0.2, -0.15) is 4.98 Å². The summed E-state index contributed by atoms with van der Waals surface area (Å²) in [6.07, 6.45) is 2.25. The zero-order valence-corrected chi connectivity index (χ0v) is 11.4. The molecule has 1 aliphatic rings. The number of aromatic nitrogens is 2. The standard InChI is InChI=1S/C15H19N3O/c1-10(2)11-5-7-12(8-6-11)14-17-15(19-18-14)13-4-3-9-16-13/h5-8,10,13,16H,3-4,9H2,1-2H3/t13-/m0/s1. The van der Waals surface area contributed by atoms with Crippen LogP contribution in [0.4, 0.5) is 0 Å². The zero-order valence-electron chi connectivity index (χ0n) is 11.4. The van der Waals surface area contributed by atoms with Gasteiger partial charge in [-0.1, -0.05) is 43.3 Å². The highest BCUT2D eigenvalue weighted by atomic mass is 16.5. The molecule has 1 aliphatic heterocycles. The highest BCUT2D eigenvalue weighted by molar-refractivity contribution is 5.54. The quantitative estimate of drug-likeness (QED) is 0.916. The van der Waals surface area contributed by atoms with E-state index in [4.69, 9.17) is 4.52 Å². The molecule has 0 radical (unpaired) electrons. The van der Waals surface area contributed by atoms with Crippen molar-refractivity contribution >= 4 is 0 Å². The van der Waals surface area contributed by atoms with Gasteiger partial charge in [-0.15, -0.1) is 0 Å².